The largest absolute Gasteiger partial charge is 0.477 e. The number of quaternary nitrogens is 1. The van der Waals surface area contributed by atoms with Gasteiger partial charge in [0.2, 0.25) is 0 Å². The molecule has 0 aliphatic carbocycles. The van der Waals surface area contributed by atoms with Gasteiger partial charge in [-0.2, -0.15) is 0 Å². The van der Waals surface area contributed by atoms with Gasteiger partial charge < -0.3 is 28.5 Å². The van der Waals surface area contributed by atoms with Crippen molar-refractivity contribution in [2.45, 2.75) is 232 Å². The lowest BCUT2D eigenvalue weighted by Crippen LogP contribution is -2.40. The van der Waals surface area contributed by atoms with Gasteiger partial charge in [0.05, 0.1) is 34.4 Å². The van der Waals surface area contributed by atoms with E-state index >= 15 is 0 Å². The molecule has 0 bridgehead atoms. The molecular weight excluding hydrogens is 1100 g/mol. The van der Waals surface area contributed by atoms with Crippen LogP contribution in [-0.2, 0) is 33.3 Å². The quantitative estimate of drug-likeness (QED) is 0.0211. The monoisotopic (exact) mass is 1230 g/mol. The number of nitrogens with zero attached hydrogens (tertiary/aromatic N) is 1. The molecule has 9 nitrogen and oxygen atoms in total. The molecule has 496 valence electrons. The normalized spacial score (nSPS) is 14.0. The molecule has 0 amide bonds. The molecule has 9 heteroatoms. The van der Waals surface area contributed by atoms with Crippen LogP contribution in [0.4, 0.5) is 0 Å². The number of hydrogen-bond acceptors (Lipinski definition) is 7. The smallest absolute Gasteiger partial charge is 0.361 e. The Morgan fingerprint density at radius 1 is 0.337 bits per heavy atom. The summed E-state index contributed by atoms with van der Waals surface area (Å²) in [4.78, 5) is 37.6. The van der Waals surface area contributed by atoms with E-state index in [-0.39, 0.29) is 38.6 Å². The first-order valence-electron chi connectivity index (χ1n) is 34.2. The van der Waals surface area contributed by atoms with Crippen LogP contribution in [0.15, 0.2) is 207 Å². The molecule has 0 aromatic rings. The predicted octanol–water partition coefficient (Wildman–Crippen LogP) is 21.6. The van der Waals surface area contributed by atoms with Crippen molar-refractivity contribution in [1.29, 1.82) is 0 Å². The Balaban J connectivity index is 4.32. The number of aliphatic carboxylic acids is 1. The molecule has 0 saturated heterocycles. The predicted molar refractivity (Wildman–Crippen MR) is 382 cm³/mol. The molecule has 0 saturated carbocycles. The number of carboxylic acid groups (broad SMARTS) is 1. The molecule has 0 heterocycles. The Morgan fingerprint density at radius 2 is 0.607 bits per heavy atom. The standard InChI is InChI=1S/C80H123NO8/c1-6-8-10-12-14-16-18-20-22-24-26-28-30-32-34-35-36-37-38-39-40-41-42-43-45-47-49-51-53-55-57-59-61-63-65-67-69-71-78(83)89-76(75-88-80(79(84)85)86-73-72-81(3,4)5)74-87-77(82)70-68-66-64-62-60-58-56-54-52-50-48-46-44-33-31-29-27-25-23-21-19-17-15-13-11-9-7-2/h8-11,14-17,20-23,26-29,32-34,36-37,39-40,42-44,47-50,53,55,59,61,76,80H,6-7,12-13,18-19,24-25,30-31,35,38,41,45-46,51-52,54,56-58,60,62-75H2,1-5H3/p+1/b10-8-,11-9-,16-14-,17-15-,22-20-,23-21-,28-26-,29-27-,34-32-,37-36-,40-39-,43-42-,44-33-,49-47-,50-48-,55-53-,61-59-. The number of ether oxygens (including phenoxy) is 4. The molecule has 0 fully saturated rings. The molecule has 0 spiro atoms. The van der Waals surface area contributed by atoms with E-state index in [0.717, 1.165) is 161 Å². The number of unbranched alkanes of at least 4 members (excludes halogenated alkanes) is 11. The van der Waals surface area contributed by atoms with Gasteiger partial charge >= 0.3 is 17.9 Å². The first kappa shape index (κ1) is 82.9. The zero-order valence-electron chi connectivity index (χ0n) is 56.5. The summed E-state index contributed by atoms with van der Waals surface area (Å²) in [5, 5.41) is 9.74. The summed E-state index contributed by atoms with van der Waals surface area (Å²) in [5.41, 5.74) is 0. The van der Waals surface area contributed by atoms with Crippen LogP contribution in [0.3, 0.4) is 0 Å². The Bertz CT molecular complexity index is 2210. The van der Waals surface area contributed by atoms with E-state index in [4.69, 9.17) is 18.9 Å². The summed E-state index contributed by atoms with van der Waals surface area (Å²) in [7, 11) is 5.94. The van der Waals surface area contributed by atoms with Crippen molar-refractivity contribution in [3.63, 3.8) is 0 Å². The lowest BCUT2D eigenvalue weighted by Gasteiger charge is -2.25. The average molecular weight is 1230 g/mol. The van der Waals surface area contributed by atoms with Crippen LogP contribution < -0.4 is 0 Å². The van der Waals surface area contributed by atoms with E-state index in [1.165, 1.54) is 25.7 Å². The molecule has 0 aromatic carbocycles. The number of allylic oxidation sites excluding steroid dienone is 34. The summed E-state index contributed by atoms with van der Waals surface area (Å²) in [6.45, 7) is 4.57. The summed E-state index contributed by atoms with van der Waals surface area (Å²) in [6.07, 6.45) is 104. The maximum atomic E-state index is 12.9. The molecular formula is C80H124NO8+. The van der Waals surface area contributed by atoms with Gasteiger partial charge in [0.25, 0.3) is 6.29 Å². The third-order valence-electron chi connectivity index (χ3n) is 13.5. The van der Waals surface area contributed by atoms with Crippen LogP contribution in [0.2, 0.25) is 0 Å². The second-order valence-corrected chi connectivity index (χ2v) is 23.0. The third kappa shape index (κ3) is 69.2. The van der Waals surface area contributed by atoms with Gasteiger partial charge in [-0.25, -0.2) is 4.79 Å². The minimum absolute atomic E-state index is 0.167. The van der Waals surface area contributed by atoms with E-state index < -0.39 is 24.3 Å². The number of likely N-dealkylation sites (N-methyl/N-ethyl adjacent to an activating group) is 1. The maximum absolute atomic E-state index is 12.9. The van der Waals surface area contributed by atoms with Gasteiger partial charge in [-0.05, 0) is 148 Å². The van der Waals surface area contributed by atoms with Gasteiger partial charge in [-0.3, -0.25) is 9.59 Å². The van der Waals surface area contributed by atoms with Crippen molar-refractivity contribution in [3.8, 4) is 0 Å². The van der Waals surface area contributed by atoms with Crippen molar-refractivity contribution in [1.82, 2.24) is 0 Å². The Labute approximate surface area is 544 Å². The fraction of sp³-hybridized carbons (Fsp3) is 0.537. The SMILES string of the molecule is CC/C=C\C/C=C\C/C=C\C/C=C\C/C=C\C/C=C\C/C=C\C/C=C\C/C=C\C/C=C\C/C=C\CCCCCC(=O)OC(COC(=O)CCCCCCCCCC/C=C\C/C=C\C/C=C\C/C=C\C/C=C\C/C=C\CC)COC(OCC[N+](C)(C)C)C(=O)O. The molecule has 2 unspecified atom stereocenters. The first-order chi connectivity index (χ1) is 43.6. The Hall–Kier alpha value is -6.13. The molecule has 0 rings (SSSR count). The Morgan fingerprint density at radius 3 is 0.910 bits per heavy atom. The lowest BCUT2D eigenvalue weighted by atomic mass is 10.1. The van der Waals surface area contributed by atoms with Gasteiger partial charge in [0.1, 0.15) is 13.2 Å². The summed E-state index contributed by atoms with van der Waals surface area (Å²) in [5.74, 6) is -2.09. The minimum atomic E-state index is -1.54. The van der Waals surface area contributed by atoms with E-state index in [9.17, 15) is 19.5 Å². The van der Waals surface area contributed by atoms with E-state index in [0.29, 0.717) is 17.4 Å². The van der Waals surface area contributed by atoms with Crippen molar-refractivity contribution < 1.29 is 42.9 Å². The van der Waals surface area contributed by atoms with Gasteiger partial charge in [-0.15, -0.1) is 0 Å². The highest BCUT2D eigenvalue weighted by molar-refractivity contribution is 5.71. The second kappa shape index (κ2) is 67.8. The van der Waals surface area contributed by atoms with Crippen LogP contribution >= 0.6 is 0 Å². The fourth-order valence-corrected chi connectivity index (χ4v) is 8.37. The van der Waals surface area contributed by atoms with E-state index in [1.54, 1.807) is 0 Å². The molecule has 0 radical (unpaired) electrons. The van der Waals surface area contributed by atoms with Gasteiger partial charge in [0, 0.05) is 12.8 Å². The summed E-state index contributed by atoms with van der Waals surface area (Å²) < 4.78 is 22.9. The highest BCUT2D eigenvalue weighted by Crippen LogP contribution is 2.14. The zero-order valence-corrected chi connectivity index (χ0v) is 56.5. The molecule has 2 atom stereocenters. The topological polar surface area (TPSA) is 108 Å². The van der Waals surface area contributed by atoms with E-state index in [2.05, 4.69) is 220 Å². The van der Waals surface area contributed by atoms with Crippen molar-refractivity contribution in [3.05, 3.63) is 207 Å². The van der Waals surface area contributed by atoms with Crippen LogP contribution in [0, 0.1) is 0 Å². The highest BCUT2D eigenvalue weighted by Gasteiger charge is 2.25. The fourth-order valence-electron chi connectivity index (χ4n) is 8.37. The average Bonchev–Trinajstić information content (AvgIpc) is 3.70. The van der Waals surface area contributed by atoms with Crippen LogP contribution in [0.25, 0.3) is 0 Å². The molecule has 0 aliphatic rings. The number of carboxylic acids is 1. The Kier molecular flexibility index (Phi) is 63.1. The van der Waals surface area contributed by atoms with Crippen molar-refractivity contribution in [2.75, 3.05) is 47.5 Å². The minimum Gasteiger partial charge on any atom is -0.477 e. The number of hydrogen-bond donors (Lipinski definition) is 1. The molecule has 0 aromatic heterocycles. The molecule has 89 heavy (non-hydrogen) atoms. The number of carbonyl (C=O) groups excluding carboxylic acids is 2. The molecule has 0 aliphatic heterocycles. The summed E-state index contributed by atoms with van der Waals surface area (Å²) >= 11 is 0. The summed E-state index contributed by atoms with van der Waals surface area (Å²) in [6, 6.07) is 0. The number of carbonyl (C=O) groups is 3. The first-order valence-corrected chi connectivity index (χ1v) is 34.2. The highest BCUT2D eigenvalue weighted by atomic mass is 16.7. The van der Waals surface area contributed by atoms with Crippen LogP contribution in [0.1, 0.15) is 219 Å². The van der Waals surface area contributed by atoms with Crippen LogP contribution in [0.5, 0.6) is 0 Å². The lowest BCUT2D eigenvalue weighted by molar-refractivity contribution is -0.870. The van der Waals surface area contributed by atoms with Gasteiger partial charge in [-0.1, -0.05) is 265 Å². The van der Waals surface area contributed by atoms with Crippen LogP contribution in [-0.4, -0.2) is 87.4 Å². The maximum Gasteiger partial charge on any atom is 0.361 e. The third-order valence-corrected chi connectivity index (χ3v) is 13.5. The van der Waals surface area contributed by atoms with Gasteiger partial charge in [0.15, 0.2) is 6.10 Å². The molecule has 1 N–H and O–H groups in total. The number of rotatable bonds is 60. The number of esters is 2. The van der Waals surface area contributed by atoms with E-state index in [1.807, 2.05) is 21.1 Å². The van der Waals surface area contributed by atoms with Crippen molar-refractivity contribution in [2.24, 2.45) is 0 Å². The zero-order chi connectivity index (χ0) is 64.7. The second-order valence-electron chi connectivity index (χ2n) is 23.0. The van der Waals surface area contributed by atoms with Crippen molar-refractivity contribution >= 4 is 17.9 Å².